The Labute approximate surface area is 62.1 Å². The van der Waals surface area contributed by atoms with Crippen molar-refractivity contribution in [3.05, 3.63) is 0 Å². The van der Waals surface area contributed by atoms with E-state index in [-0.39, 0.29) is 0 Å². The summed E-state index contributed by atoms with van der Waals surface area (Å²) in [6, 6.07) is 0. The molecule has 1 N–H and O–H groups in total. The zero-order chi connectivity index (χ0) is 7.11. The standard InChI is InChI=1S/C6H12.CH4OS/c1-6-4-2-3-5-6;1-3-2/h6H,2-5H2,1H3;2H,1H3. The van der Waals surface area contributed by atoms with Crippen LogP contribution in [0.2, 0.25) is 0 Å². The van der Waals surface area contributed by atoms with Crippen LogP contribution in [-0.2, 0) is 0 Å². The van der Waals surface area contributed by atoms with Crippen LogP contribution in [-0.4, -0.2) is 10.8 Å². The molecule has 56 valence electrons. The summed E-state index contributed by atoms with van der Waals surface area (Å²) >= 11 is 0.750. The third-order valence-corrected chi connectivity index (χ3v) is 1.64. The third-order valence-electron chi connectivity index (χ3n) is 1.64. The first kappa shape index (κ1) is 9.31. The molecule has 1 fully saturated rings. The van der Waals surface area contributed by atoms with Crippen LogP contribution in [0, 0.1) is 5.92 Å². The minimum atomic E-state index is 0.750. The average Bonchev–Trinajstić information content (AvgIpc) is 2.20. The highest BCUT2D eigenvalue weighted by atomic mass is 32.2. The van der Waals surface area contributed by atoms with Gasteiger partial charge < -0.3 is 4.55 Å². The first-order valence-corrected chi connectivity index (χ1v) is 4.67. The molecule has 1 aliphatic carbocycles. The fourth-order valence-corrected chi connectivity index (χ4v) is 1.13. The molecule has 0 amide bonds. The molecule has 0 unspecified atom stereocenters. The van der Waals surface area contributed by atoms with Crippen LogP contribution in [0.3, 0.4) is 0 Å². The van der Waals surface area contributed by atoms with E-state index in [1.165, 1.54) is 25.7 Å². The SMILES string of the molecule is CC1CCCC1.CSO. The molecule has 0 bridgehead atoms. The van der Waals surface area contributed by atoms with Gasteiger partial charge in [0.15, 0.2) is 0 Å². The molecule has 0 aromatic rings. The van der Waals surface area contributed by atoms with Crippen LogP contribution in [0.4, 0.5) is 0 Å². The Balaban J connectivity index is 0.000000187. The number of hydrogen-bond donors (Lipinski definition) is 1. The first-order valence-electron chi connectivity index (χ1n) is 3.48. The molecular formula is C7H16OS. The van der Waals surface area contributed by atoms with E-state index in [0.717, 1.165) is 18.0 Å². The second-order valence-corrected chi connectivity index (χ2v) is 2.94. The lowest BCUT2D eigenvalue weighted by atomic mass is 10.2. The molecule has 2 heteroatoms. The van der Waals surface area contributed by atoms with Gasteiger partial charge in [0.1, 0.15) is 0 Å². The predicted molar refractivity (Wildman–Crippen MR) is 43.8 cm³/mol. The van der Waals surface area contributed by atoms with Crippen LogP contribution >= 0.6 is 12.0 Å². The Bertz CT molecular complexity index is 50.9. The van der Waals surface area contributed by atoms with Crippen molar-refractivity contribution in [2.75, 3.05) is 6.26 Å². The monoisotopic (exact) mass is 148 g/mol. The van der Waals surface area contributed by atoms with Crippen molar-refractivity contribution in [3.8, 4) is 0 Å². The average molecular weight is 148 g/mol. The van der Waals surface area contributed by atoms with Crippen LogP contribution in [0.25, 0.3) is 0 Å². The molecule has 0 aliphatic heterocycles. The molecule has 9 heavy (non-hydrogen) atoms. The Morgan fingerprint density at radius 1 is 1.33 bits per heavy atom. The van der Waals surface area contributed by atoms with Gasteiger partial charge in [-0.05, 0) is 18.0 Å². The van der Waals surface area contributed by atoms with Crippen molar-refractivity contribution in [1.82, 2.24) is 0 Å². The molecular weight excluding hydrogens is 132 g/mol. The van der Waals surface area contributed by atoms with Crippen molar-refractivity contribution in [2.24, 2.45) is 5.92 Å². The zero-order valence-corrected chi connectivity index (χ0v) is 7.08. The van der Waals surface area contributed by atoms with Crippen molar-refractivity contribution in [1.29, 1.82) is 0 Å². The highest BCUT2D eigenvalue weighted by Crippen LogP contribution is 2.22. The van der Waals surface area contributed by atoms with Crippen molar-refractivity contribution in [2.45, 2.75) is 32.6 Å². The molecule has 0 radical (unpaired) electrons. The van der Waals surface area contributed by atoms with E-state index in [0.29, 0.717) is 0 Å². The van der Waals surface area contributed by atoms with E-state index in [4.69, 9.17) is 4.55 Å². The number of rotatable bonds is 0. The molecule has 0 saturated heterocycles. The molecule has 1 saturated carbocycles. The van der Waals surface area contributed by atoms with Gasteiger partial charge in [0.2, 0.25) is 0 Å². The fourth-order valence-electron chi connectivity index (χ4n) is 1.13. The van der Waals surface area contributed by atoms with Gasteiger partial charge in [0.05, 0.1) is 0 Å². The minimum absolute atomic E-state index is 0.750. The first-order chi connectivity index (χ1) is 4.31. The normalized spacial score (nSPS) is 19.0. The lowest BCUT2D eigenvalue weighted by Crippen LogP contribution is -1.78. The van der Waals surface area contributed by atoms with Gasteiger partial charge in [0.25, 0.3) is 0 Å². The summed E-state index contributed by atoms with van der Waals surface area (Å²) in [4.78, 5) is 0. The minimum Gasteiger partial charge on any atom is -0.330 e. The van der Waals surface area contributed by atoms with Crippen LogP contribution in [0.15, 0.2) is 0 Å². The second-order valence-electron chi connectivity index (χ2n) is 2.57. The smallest absolute Gasteiger partial charge is 0.00795 e. The summed E-state index contributed by atoms with van der Waals surface area (Å²) in [5, 5.41) is 0. The Morgan fingerprint density at radius 3 is 1.78 bits per heavy atom. The summed E-state index contributed by atoms with van der Waals surface area (Å²) in [7, 11) is 0. The largest absolute Gasteiger partial charge is 0.330 e. The predicted octanol–water partition coefficient (Wildman–Crippen LogP) is 3.02. The van der Waals surface area contributed by atoms with Crippen molar-refractivity contribution in [3.63, 3.8) is 0 Å². The van der Waals surface area contributed by atoms with E-state index < -0.39 is 0 Å². The third kappa shape index (κ3) is 6.19. The highest BCUT2D eigenvalue weighted by Gasteiger charge is 2.07. The van der Waals surface area contributed by atoms with Gasteiger partial charge in [0, 0.05) is 6.26 Å². The van der Waals surface area contributed by atoms with Crippen LogP contribution in [0.5, 0.6) is 0 Å². The lowest BCUT2D eigenvalue weighted by Gasteiger charge is -1.91. The van der Waals surface area contributed by atoms with Gasteiger partial charge in [-0.1, -0.05) is 32.6 Å². The molecule has 0 spiro atoms. The zero-order valence-electron chi connectivity index (χ0n) is 6.26. The van der Waals surface area contributed by atoms with E-state index in [9.17, 15) is 0 Å². The maximum Gasteiger partial charge on any atom is 0.00795 e. The van der Waals surface area contributed by atoms with Gasteiger partial charge >= 0.3 is 0 Å². The van der Waals surface area contributed by atoms with Crippen LogP contribution < -0.4 is 0 Å². The molecule has 0 aromatic heterocycles. The fraction of sp³-hybridized carbons (Fsp3) is 1.00. The van der Waals surface area contributed by atoms with Crippen molar-refractivity contribution >= 4 is 12.0 Å². The van der Waals surface area contributed by atoms with E-state index in [2.05, 4.69) is 6.92 Å². The van der Waals surface area contributed by atoms with E-state index >= 15 is 0 Å². The molecule has 1 aliphatic rings. The van der Waals surface area contributed by atoms with Crippen molar-refractivity contribution < 1.29 is 4.55 Å². The van der Waals surface area contributed by atoms with Gasteiger partial charge in [-0.15, -0.1) is 0 Å². The molecule has 1 rings (SSSR count). The van der Waals surface area contributed by atoms with E-state index in [1.807, 2.05) is 0 Å². The van der Waals surface area contributed by atoms with E-state index in [1.54, 1.807) is 6.26 Å². The lowest BCUT2D eigenvalue weighted by molar-refractivity contribution is 0.612. The topological polar surface area (TPSA) is 20.2 Å². The summed E-state index contributed by atoms with van der Waals surface area (Å²) < 4.78 is 7.49. The maximum absolute atomic E-state index is 7.49. The molecule has 0 heterocycles. The van der Waals surface area contributed by atoms with Crippen LogP contribution in [0.1, 0.15) is 32.6 Å². The Morgan fingerprint density at radius 2 is 1.67 bits per heavy atom. The summed E-state index contributed by atoms with van der Waals surface area (Å²) in [5.41, 5.74) is 0. The number of hydrogen-bond acceptors (Lipinski definition) is 2. The van der Waals surface area contributed by atoms with Gasteiger partial charge in [-0.3, -0.25) is 0 Å². The Kier molecular flexibility index (Phi) is 6.65. The van der Waals surface area contributed by atoms with Gasteiger partial charge in [-0.2, -0.15) is 0 Å². The summed E-state index contributed by atoms with van der Waals surface area (Å²) in [6.07, 6.45) is 7.54. The Hall–Kier alpha value is 0.310. The van der Waals surface area contributed by atoms with Gasteiger partial charge in [-0.25, -0.2) is 0 Å². The second kappa shape index (κ2) is 6.43. The maximum atomic E-state index is 7.49. The summed E-state index contributed by atoms with van der Waals surface area (Å²) in [6.45, 7) is 2.34. The molecule has 0 aromatic carbocycles. The highest BCUT2D eigenvalue weighted by molar-refractivity contribution is 7.93. The quantitative estimate of drug-likeness (QED) is 0.533. The summed E-state index contributed by atoms with van der Waals surface area (Å²) in [5.74, 6) is 1.05. The molecule has 1 nitrogen and oxygen atoms in total. The molecule has 0 atom stereocenters.